The molecule has 260 valence electrons. The average molecular weight is 706 g/mol. The van der Waals surface area contributed by atoms with Gasteiger partial charge < -0.3 is 38.8 Å². The summed E-state index contributed by atoms with van der Waals surface area (Å²) in [5.74, 6) is 0.653. The van der Waals surface area contributed by atoms with Crippen LogP contribution >= 0.6 is 11.3 Å². The van der Waals surface area contributed by atoms with Crippen LogP contribution < -0.4 is 19.5 Å². The Bertz CT molecular complexity index is 1760. The number of nitrogens with zero attached hydrogens (tertiary/aromatic N) is 2. The van der Waals surface area contributed by atoms with Crippen molar-refractivity contribution in [3.63, 3.8) is 0 Å². The number of aryl methyl sites for hydroxylation is 1. The highest BCUT2D eigenvalue weighted by Gasteiger charge is 2.44. The normalized spacial score (nSPS) is 22.2. The summed E-state index contributed by atoms with van der Waals surface area (Å²) in [5.41, 5.74) is 1.42. The second-order valence-electron chi connectivity index (χ2n) is 12.2. The van der Waals surface area contributed by atoms with Gasteiger partial charge in [-0.25, -0.2) is 18.2 Å². The lowest BCUT2D eigenvalue weighted by Gasteiger charge is -2.31. The molecule has 0 unspecified atom stereocenters. The fourth-order valence-corrected chi connectivity index (χ4v) is 7.76. The molecular formula is C33H41N3O10S2. The van der Waals surface area contributed by atoms with Crippen molar-refractivity contribution < 1.29 is 49.5 Å². The van der Waals surface area contributed by atoms with Crippen molar-refractivity contribution in [2.24, 2.45) is 11.8 Å². The number of rotatable bonds is 14. The van der Waals surface area contributed by atoms with E-state index in [0.717, 1.165) is 10.7 Å². The van der Waals surface area contributed by atoms with Crippen LogP contribution in [0.2, 0.25) is 0 Å². The number of nitrogens with one attached hydrogen (secondary N) is 1. The van der Waals surface area contributed by atoms with Gasteiger partial charge in [-0.1, -0.05) is 26.0 Å². The summed E-state index contributed by atoms with van der Waals surface area (Å²) in [7, 11) is -4.55. The van der Waals surface area contributed by atoms with Gasteiger partial charge >= 0.3 is 6.09 Å². The first kappa shape index (κ1) is 31.8. The maximum atomic E-state index is 14.1. The van der Waals surface area contributed by atoms with Gasteiger partial charge in [-0.3, -0.25) is 0 Å². The molecule has 3 aromatic rings. The number of fused-ring (bicyclic) bond motifs is 2. The second kappa shape index (κ2) is 15.0. The van der Waals surface area contributed by atoms with E-state index < -0.39 is 47.2 Å². The van der Waals surface area contributed by atoms with E-state index in [4.69, 9.17) is 31.2 Å². The summed E-state index contributed by atoms with van der Waals surface area (Å²) in [5, 5.41) is 17.3. The zero-order valence-electron chi connectivity index (χ0n) is 28.9. The first-order valence-electron chi connectivity index (χ1n) is 16.7. The molecule has 0 radical (unpaired) electrons. The monoisotopic (exact) mass is 705 g/mol. The summed E-state index contributed by atoms with van der Waals surface area (Å²) in [4.78, 5) is 17.5. The Hall–Kier alpha value is -3.47. The number of sulfonamides is 1. The third-order valence-electron chi connectivity index (χ3n) is 8.10. The highest BCUT2D eigenvalue weighted by Crippen LogP contribution is 2.35. The van der Waals surface area contributed by atoms with Gasteiger partial charge in [-0.05, 0) is 55.5 Å². The third-order valence-corrected chi connectivity index (χ3v) is 10.6. The Balaban J connectivity index is 1.24. The molecule has 3 aliphatic heterocycles. The molecule has 1 amide bonds. The van der Waals surface area contributed by atoms with Crippen LogP contribution in [0.1, 0.15) is 39.3 Å². The van der Waals surface area contributed by atoms with Gasteiger partial charge in [0.1, 0.15) is 18.5 Å². The van der Waals surface area contributed by atoms with E-state index in [9.17, 15) is 18.3 Å². The fourth-order valence-electron chi connectivity index (χ4n) is 5.67. The number of thiazole rings is 1. The number of ether oxygens (including phenoxy) is 6. The molecule has 15 heteroatoms. The highest BCUT2D eigenvalue weighted by molar-refractivity contribution is 7.89. The van der Waals surface area contributed by atoms with E-state index in [0.29, 0.717) is 34.4 Å². The number of aliphatic hydroxyl groups is 1. The number of carbonyl (C=O) groups excluding carboxylic acids is 1. The van der Waals surface area contributed by atoms with E-state index in [1.807, 2.05) is 12.3 Å². The lowest BCUT2D eigenvalue weighted by molar-refractivity contribution is -0.0907. The van der Waals surface area contributed by atoms with Crippen LogP contribution in [0, 0.1) is 18.8 Å². The number of carbonyl (C=O) groups is 1. The van der Waals surface area contributed by atoms with Crippen LogP contribution in [0.3, 0.4) is 0 Å². The highest BCUT2D eigenvalue weighted by atomic mass is 32.2. The van der Waals surface area contributed by atoms with Crippen molar-refractivity contribution in [3.8, 4) is 17.2 Å². The summed E-state index contributed by atoms with van der Waals surface area (Å²) in [6, 6.07) is 9.56. The Kier molecular flexibility index (Phi) is 9.91. The molecule has 0 spiro atoms. The lowest BCUT2D eigenvalue weighted by atomic mass is 10.0. The number of hydrogen-bond acceptors (Lipinski definition) is 12. The molecule has 6 rings (SSSR count). The molecule has 0 aliphatic carbocycles. The SMILES string of the molecule is [2H]C([2H])([C@@H](O)[C@H](Cc1ccc(OCc2csc(C)n2)cc1)NC(=O)O[C@H]1CO[C@H]2OCC[C@H]21)N(CC(C)C)S(=O)(=O)c1ccc2c(c1)OCO2. The van der Waals surface area contributed by atoms with Crippen molar-refractivity contribution in [1.82, 2.24) is 14.6 Å². The molecular weight excluding hydrogens is 663 g/mol. The van der Waals surface area contributed by atoms with E-state index in [1.165, 1.54) is 29.5 Å². The van der Waals surface area contributed by atoms with Crippen LogP contribution in [-0.4, -0.2) is 86.5 Å². The largest absolute Gasteiger partial charge is 0.487 e. The predicted molar refractivity (Wildman–Crippen MR) is 174 cm³/mol. The molecule has 2 aromatic carbocycles. The van der Waals surface area contributed by atoms with Crippen molar-refractivity contribution in [2.45, 2.75) is 69.7 Å². The summed E-state index contributed by atoms with van der Waals surface area (Å²) in [6.07, 6.45) is -3.44. The molecule has 0 bridgehead atoms. The molecule has 1 aromatic heterocycles. The maximum absolute atomic E-state index is 14.1. The maximum Gasteiger partial charge on any atom is 0.407 e. The zero-order valence-corrected chi connectivity index (χ0v) is 28.5. The second-order valence-corrected chi connectivity index (χ2v) is 15.2. The average Bonchev–Trinajstić information content (AvgIpc) is 3.89. The standard InChI is InChI=1S/C33H41N3O10S2/c1-20(2)14-36(48(39,40)25-8-9-29-30(13-25)45-19-44-29)15-28(37)27(35-33(38)46-31-17-43-32-26(31)10-11-41-32)12-22-4-6-24(7-5-22)42-16-23-18-47-21(3)34-23/h4-9,13,18,20,26-28,31-32,37H,10-12,14-17,19H2,1-3H3,(H,35,38)/t26-,27-,28+,31-,32+/m0/s1/i15D2. The van der Waals surface area contributed by atoms with E-state index in [-0.39, 0.29) is 55.5 Å². The topological polar surface area (TPSA) is 155 Å². The number of aromatic nitrogens is 1. The summed E-state index contributed by atoms with van der Waals surface area (Å²) < 4.78 is 80.4. The minimum Gasteiger partial charge on any atom is -0.487 e. The Morgan fingerprint density at radius 3 is 2.73 bits per heavy atom. The molecule has 5 atom stereocenters. The van der Waals surface area contributed by atoms with Gasteiger partial charge in [0.15, 0.2) is 17.8 Å². The Labute approximate surface area is 286 Å². The van der Waals surface area contributed by atoms with Gasteiger partial charge in [-0.2, -0.15) is 4.31 Å². The van der Waals surface area contributed by atoms with E-state index in [1.54, 1.807) is 38.1 Å². The first-order valence-corrected chi connectivity index (χ1v) is 18.1. The molecule has 2 fully saturated rings. The van der Waals surface area contributed by atoms with Crippen LogP contribution in [0.4, 0.5) is 4.79 Å². The van der Waals surface area contributed by atoms with E-state index >= 15 is 0 Å². The predicted octanol–water partition coefficient (Wildman–Crippen LogP) is 3.87. The number of alkyl carbamates (subject to hydrolysis) is 1. The molecule has 4 heterocycles. The summed E-state index contributed by atoms with van der Waals surface area (Å²) >= 11 is 1.53. The van der Waals surface area contributed by atoms with Gasteiger partial charge in [0.05, 0.1) is 46.9 Å². The van der Waals surface area contributed by atoms with Crippen LogP contribution in [-0.2, 0) is 37.3 Å². The van der Waals surface area contributed by atoms with Crippen molar-refractivity contribution >= 4 is 27.5 Å². The fraction of sp³-hybridized carbons (Fsp3) is 0.515. The molecule has 13 nitrogen and oxygen atoms in total. The Morgan fingerprint density at radius 1 is 1.19 bits per heavy atom. The van der Waals surface area contributed by atoms with Crippen molar-refractivity contribution in [3.05, 3.63) is 64.1 Å². The smallest absolute Gasteiger partial charge is 0.407 e. The number of hydrogen-bond donors (Lipinski definition) is 2. The van der Waals surface area contributed by atoms with Crippen LogP contribution in [0.15, 0.2) is 52.7 Å². The number of amides is 1. The van der Waals surface area contributed by atoms with Crippen molar-refractivity contribution in [1.29, 1.82) is 0 Å². The molecule has 0 saturated carbocycles. The molecule has 48 heavy (non-hydrogen) atoms. The van der Waals surface area contributed by atoms with Gasteiger partial charge in [-0.15, -0.1) is 11.3 Å². The number of aliphatic hydroxyl groups excluding tert-OH is 1. The lowest BCUT2D eigenvalue weighted by Crippen LogP contribution is -2.51. The number of benzene rings is 2. The minimum atomic E-state index is -4.55. The minimum absolute atomic E-state index is 0.0719. The quantitative estimate of drug-likeness (QED) is 0.251. The molecule has 3 aliphatic rings. The van der Waals surface area contributed by atoms with Gasteiger partial charge in [0.25, 0.3) is 0 Å². The first-order chi connectivity index (χ1) is 23.8. The van der Waals surface area contributed by atoms with Gasteiger partial charge in [0, 0.05) is 27.2 Å². The summed E-state index contributed by atoms with van der Waals surface area (Å²) in [6.45, 7) is 3.02. The van der Waals surface area contributed by atoms with Crippen molar-refractivity contribution in [2.75, 3.05) is 33.0 Å². The molecule has 2 N–H and O–H groups in total. The zero-order chi connectivity index (χ0) is 35.6. The van der Waals surface area contributed by atoms with Gasteiger partial charge in [0.2, 0.25) is 16.8 Å². The third kappa shape index (κ3) is 8.21. The van der Waals surface area contributed by atoms with Crippen LogP contribution in [0.25, 0.3) is 0 Å². The van der Waals surface area contributed by atoms with Crippen LogP contribution in [0.5, 0.6) is 17.2 Å². The molecule has 2 saturated heterocycles. The van der Waals surface area contributed by atoms with E-state index in [2.05, 4.69) is 10.3 Å². The Morgan fingerprint density at radius 2 is 1.98 bits per heavy atom.